The largest absolute Gasteiger partial charge is 0.506 e. The summed E-state index contributed by atoms with van der Waals surface area (Å²) in [5, 5.41) is 9.00. The molecule has 2 amide bonds. The summed E-state index contributed by atoms with van der Waals surface area (Å²) >= 11 is 1.80. The van der Waals surface area contributed by atoms with E-state index in [4.69, 9.17) is 9.84 Å². The second-order valence-electron chi connectivity index (χ2n) is 7.24. The lowest BCUT2D eigenvalue weighted by molar-refractivity contribution is 0.0117. The Morgan fingerprint density at radius 1 is 1.14 bits per heavy atom. The van der Waals surface area contributed by atoms with Gasteiger partial charge < -0.3 is 19.6 Å². The number of nitrogens with zero attached hydrogens (tertiary/aromatic N) is 2. The zero-order valence-corrected chi connectivity index (χ0v) is 16.5. The molecule has 2 unspecified atom stereocenters. The maximum Gasteiger partial charge on any atom is 0.506 e. The first kappa shape index (κ1) is 20.7. The van der Waals surface area contributed by atoms with Crippen LogP contribution in [0.3, 0.4) is 0 Å². The van der Waals surface area contributed by atoms with Crippen molar-refractivity contribution >= 4 is 23.9 Å². The molecule has 0 radical (unpaired) electrons. The van der Waals surface area contributed by atoms with Gasteiger partial charge in [-0.3, -0.25) is 0 Å². The van der Waals surface area contributed by atoms with Crippen LogP contribution in [-0.2, 0) is 10.7 Å². The van der Waals surface area contributed by atoms with Gasteiger partial charge in [-0.1, -0.05) is 24.3 Å². The van der Waals surface area contributed by atoms with E-state index in [1.807, 2.05) is 0 Å². The predicted octanol–water partition coefficient (Wildman–Crippen LogP) is 3.82. The number of hydrogen-bond acceptors (Lipinski definition) is 4. The van der Waals surface area contributed by atoms with Gasteiger partial charge in [-0.25, -0.2) is 18.4 Å². The average molecular weight is 414 g/mol. The predicted molar refractivity (Wildman–Crippen MR) is 102 cm³/mol. The lowest BCUT2D eigenvalue weighted by Crippen LogP contribution is -2.53. The average Bonchev–Trinajstić information content (AvgIpc) is 2.67. The molecule has 154 valence electrons. The van der Waals surface area contributed by atoms with Crippen LogP contribution in [0.1, 0.15) is 30.4 Å². The number of rotatable bonds is 3. The van der Waals surface area contributed by atoms with Crippen LogP contribution in [0.4, 0.5) is 18.4 Å². The first-order valence-corrected chi connectivity index (χ1v) is 10.4. The van der Waals surface area contributed by atoms with Crippen molar-refractivity contribution in [3.63, 3.8) is 0 Å². The van der Waals surface area contributed by atoms with Crippen molar-refractivity contribution in [2.24, 2.45) is 0 Å². The molecule has 2 heterocycles. The minimum atomic E-state index is -2.92. The third kappa shape index (κ3) is 5.06. The summed E-state index contributed by atoms with van der Waals surface area (Å²) in [6.07, 6.45) is -1.62. The molecule has 2 aliphatic heterocycles. The van der Waals surface area contributed by atoms with E-state index in [0.29, 0.717) is 26.1 Å². The number of amides is 2. The normalized spacial score (nSPS) is 23.4. The van der Waals surface area contributed by atoms with E-state index < -0.39 is 18.2 Å². The molecule has 2 fully saturated rings. The molecule has 9 heteroatoms. The van der Waals surface area contributed by atoms with Crippen LogP contribution in [0.2, 0.25) is 0 Å². The van der Waals surface area contributed by atoms with Gasteiger partial charge >= 0.3 is 12.2 Å². The SMILES string of the molecule is CC(F)(F)c1ccc(C2CC(OC(=O)O)CN(C(=O)N3CCSCC3)C2)cc1. The Hall–Kier alpha value is -2.03. The van der Waals surface area contributed by atoms with E-state index in [9.17, 15) is 18.4 Å². The Balaban J connectivity index is 1.77. The first-order valence-electron chi connectivity index (χ1n) is 9.23. The van der Waals surface area contributed by atoms with E-state index in [-0.39, 0.29) is 24.1 Å². The van der Waals surface area contributed by atoms with Gasteiger partial charge in [-0.15, -0.1) is 0 Å². The third-order valence-electron chi connectivity index (χ3n) is 5.12. The fourth-order valence-corrected chi connectivity index (χ4v) is 4.58. The van der Waals surface area contributed by atoms with Crippen LogP contribution in [0.5, 0.6) is 0 Å². The zero-order valence-electron chi connectivity index (χ0n) is 15.6. The van der Waals surface area contributed by atoms with Gasteiger partial charge in [0.1, 0.15) is 6.10 Å². The molecule has 1 N–H and O–H groups in total. The Morgan fingerprint density at radius 2 is 1.79 bits per heavy atom. The summed E-state index contributed by atoms with van der Waals surface area (Å²) < 4.78 is 31.9. The smallest absolute Gasteiger partial charge is 0.450 e. The molecule has 28 heavy (non-hydrogen) atoms. The summed E-state index contributed by atoms with van der Waals surface area (Å²) in [5.41, 5.74) is 0.711. The maximum atomic E-state index is 13.5. The van der Waals surface area contributed by atoms with E-state index in [2.05, 4.69) is 0 Å². The molecular weight excluding hydrogens is 390 g/mol. The van der Waals surface area contributed by atoms with E-state index in [1.165, 1.54) is 12.1 Å². The quantitative estimate of drug-likeness (QED) is 0.762. The van der Waals surface area contributed by atoms with Gasteiger partial charge in [0, 0.05) is 49.5 Å². The summed E-state index contributed by atoms with van der Waals surface area (Å²) in [6, 6.07) is 5.89. The van der Waals surface area contributed by atoms with Crippen molar-refractivity contribution in [1.29, 1.82) is 0 Å². The summed E-state index contributed by atoms with van der Waals surface area (Å²) in [6.45, 7) is 2.78. The number of thioether (sulfide) groups is 1. The zero-order chi connectivity index (χ0) is 20.3. The molecule has 1 aromatic rings. The molecule has 2 aliphatic rings. The topological polar surface area (TPSA) is 70.1 Å². The van der Waals surface area contributed by atoms with Crippen LogP contribution in [-0.4, -0.2) is 70.9 Å². The molecular formula is C19H24F2N2O4S. The fraction of sp³-hybridized carbons (Fsp3) is 0.579. The Kier molecular flexibility index (Phi) is 6.32. The number of benzene rings is 1. The van der Waals surface area contributed by atoms with Gasteiger partial charge in [-0.2, -0.15) is 11.8 Å². The van der Waals surface area contributed by atoms with Gasteiger partial charge in [0.15, 0.2) is 0 Å². The minimum absolute atomic E-state index is 0.0795. The van der Waals surface area contributed by atoms with Crippen molar-refractivity contribution in [3.8, 4) is 0 Å². The van der Waals surface area contributed by atoms with Gasteiger partial charge in [0.25, 0.3) is 5.92 Å². The third-order valence-corrected chi connectivity index (χ3v) is 6.06. The molecule has 0 spiro atoms. The highest BCUT2D eigenvalue weighted by molar-refractivity contribution is 7.99. The first-order chi connectivity index (χ1) is 13.2. The summed E-state index contributed by atoms with van der Waals surface area (Å²) in [7, 11) is 0. The van der Waals surface area contributed by atoms with Crippen LogP contribution < -0.4 is 0 Å². The molecule has 3 rings (SSSR count). The van der Waals surface area contributed by atoms with Crippen molar-refractivity contribution in [2.45, 2.75) is 31.3 Å². The standard InChI is InChI=1S/C19H24F2N2O4S/c1-19(20,21)15-4-2-13(3-5-15)14-10-16(27-18(25)26)12-23(11-14)17(24)22-6-8-28-9-7-22/h2-5,14,16H,6-12H2,1H3,(H,25,26). The van der Waals surface area contributed by atoms with E-state index in [0.717, 1.165) is 24.0 Å². The highest BCUT2D eigenvalue weighted by Gasteiger charge is 2.35. The van der Waals surface area contributed by atoms with Crippen molar-refractivity contribution in [3.05, 3.63) is 35.4 Å². The van der Waals surface area contributed by atoms with Crippen LogP contribution in [0.25, 0.3) is 0 Å². The molecule has 6 nitrogen and oxygen atoms in total. The minimum Gasteiger partial charge on any atom is -0.450 e. The number of piperidine rings is 1. The van der Waals surface area contributed by atoms with Crippen molar-refractivity contribution in [2.75, 3.05) is 37.7 Å². The number of hydrogen-bond donors (Lipinski definition) is 1. The number of carboxylic acid groups (broad SMARTS) is 1. The lowest BCUT2D eigenvalue weighted by atomic mass is 9.88. The number of carbonyl (C=O) groups is 2. The second kappa shape index (κ2) is 8.55. The molecule has 0 saturated carbocycles. The van der Waals surface area contributed by atoms with Crippen LogP contribution in [0, 0.1) is 0 Å². The number of carbonyl (C=O) groups excluding carboxylic acids is 1. The van der Waals surface area contributed by atoms with Crippen molar-refractivity contribution in [1.82, 2.24) is 9.80 Å². The lowest BCUT2D eigenvalue weighted by Gasteiger charge is -2.40. The Labute approximate surface area is 166 Å². The number of ether oxygens (including phenoxy) is 1. The van der Waals surface area contributed by atoms with Crippen molar-refractivity contribution < 1.29 is 28.2 Å². The van der Waals surface area contributed by atoms with Crippen LogP contribution in [0.15, 0.2) is 24.3 Å². The number of likely N-dealkylation sites (tertiary alicyclic amines) is 1. The molecule has 0 aromatic heterocycles. The number of alkyl halides is 2. The fourth-order valence-electron chi connectivity index (χ4n) is 3.68. The number of urea groups is 1. The molecule has 2 saturated heterocycles. The van der Waals surface area contributed by atoms with Crippen LogP contribution >= 0.6 is 11.8 Å². The monoisotopic (exact) mass is 414 g/mol. The van der Waals surface area contributed by atoms with E-state index >= 15 is 0 Å². The highest BCUT2D eigenvalue weighted by Crippen LogP contribution is 2.32. The molecule has 0 aliphatic carbocycles. The highest BCUT2D eigenvalue weighted by atomic mass is 32.2. The maximum absolute atomic E-state index is 13.5. The molecule has 1 aromatic carbocycles. The van der Waals surface area contributed by atoms with E-state index in [1.54, 1.807) is 33.7 Å². The second-order valence-corrected chi connectivity index (χ2v) is 8.46. The Morgan fingerprint density at radius 3 is 2.36 bits per heavy atom. The summed E-state index contributed by atoms with van der Waals surface area (Å²) in [4.78, 5) is 27.3. The summed E-state index contributed by atoms with van der Waals surface area (Å²) in [5.74, 6) is -1.34. The molecule has 0 bridgehead atoms. The van der Waals surface area contributed by atoms with Gasteiger partial charge in [-0.05, 0) is 12.0 Å². The number of halogens is 2. The Bertz CT molecular complexity index is 705. The van der Waals surface area contributed by atoms with Gasteiger partial charge in [0.05, 0.1) is 6.54 Å². The molecule has 2 atom stereocenters. The van der Waals surface area contributed by atoms with Gasteiger partial charge in [0.2, 0.25) is 0 Å².